The van der Waals surface area contributed by atoms with E-state index in [0.29, 0.717) is 18.8 Å². The van der Waals surface area contributed by atoms with Gasteiger partial charge in [0.2, 0.25) is 15.9 Å². The zero-order valence-corrected chi connectivity index (χ0v) is 15.0. The van der Waals surface area contributed by atoms with E-state index in [0.717, 1.165) is 36.9 Å². The number of para-hydroxylation sites is 1. The number of piperidine rings is 1. The van der Waals surface area contributed by atoms with E-state index in [-0.39, 0.29) is 18.4 Å². The monoisotopic (exact) mass is 352 g/mol. The maximum absolute atomic E-state index is 13.1. The Hall–Kier alpha value is -1.60. The van der Waals surface area contributed by atoms with E-state index in [2.05, 4.69) is 0 Å². The van der Waals surface area contributed by atoms with Crippen LogP contribution >= 0.6 is 0 Å². The molecule has 2 aliphatic heterocycles. The first-order chi connectivity index (χ1) is 11.4. The van der Waals surface area contributed by atoms with Gasteiger partial charge in [0.1, 0.15) is 5.75 Å². The number of methoxy groups -OCH3 is 1. The average molecular weight is 352 g/mol. The quantitative estimate of drug-likeness (QED) is 0.829. The fraction of sp³-hybridized carbons (Fsp3) is 0.588. The number of fused-ring (bicyclic) bond motifs is 1. The van der Waals surface area contributed by atoms with Crippen LogP contribution in [0.25, 0.3) is 0 Å². The third-order valence-electron chi connectivity index (χ3n) is 4.87. The zero-order chi connectivity index (χ0) is 17.3. The Morgan fingerprint density at radius 1 is 1.25 bits per heavy atom. The van der Waals surface area contributed by atoms with Crippen LogP contribution in [0.1, 0.15) is 24.8 Å². The molecule has 1 aromatic rings. The molecule has 2 aliphatic rings. The van der Waals surface area contributed by atoms with Crippen molar-refractivity contribution < 1.29 is 17.9 Å². The molecule has 0 radical (unpaired) electrons. The van der Waals surface area contributed by atoms with Crippen LogP contribution < -0.4 is 9.64 Å². The van der Waals surface area contributed by atoms with Crippen LogP contribution in [0, 0.1) is 5.92 Å². The number of amides is 1. The fourth-order valence-electron chi connectivity index (χ4n) is 3.67. The third-order valence-corrected chi connectivity index (χ3v) is 6.14. The third kappa shape index (κ3) is 3.28. The maximum Gasteiger partial charge on any atom is 0.231 e. The highest BCUT2D eigenvalue weighted by Gasteiger charge is 2.35. The molecule has 3 rings (SSSR count). The summed E-state index contributed by atoms with van der Waals surface area (Å²) >= 11 is 0. The number of hydrogen-bond donors (Lipinski definition) is 0. The molecule has 132 valence electrons. The summed E-state index contributed by atoms with van der Waals surface area (Å²) in [5.74, 6) is 0.425. The number of sulfonamides is 1. The molecule has 7 heteroatoms. The number of nitrogens with zero attached hydrogens (tertiary/aromatic N) is 2. The Balaban J connectivity index is 1.87. The number of aryl methyl sites for hydroxylation is 1. The molecule has 1 aromatic carbocycles. The smallest absolute Gasteiger partial charge is 0.231 e. The Labute approximate surface area is 143 Å². The van der Waals surface area contributed by atoms with E-state index in [9.17, 15) is 13.2 Å². The highest BCUT2D eigenvalue weighted by atomic mass is 32.2. The first-order valence-electron chi connectivity index (χ1n) is 8.34. The van der Waals surface area contributed by atoms with E-state index >= 15 is 0 Å². The number of carbonyl (C=O) groups is 1. The fourth-order valence-corrected chi connectivity index (χ4v) is 4.58. The molecule has 0 spiro atoms. The molecule has 1 atom stereocenters. The topological polar surface area (TPSA) is 66.9 Å². The molecule has 1 unspecified atom stereocenters. The van der Waals surface area contributed by atoms with Crippen molar-refractivity contribution in [1.29, 1.82) is 0 Å². The van der Waals surface area contributed by atoms with E-state index in [1.165, 1.54) is 10.6 Å². The molecule has 1 saturated heterocycles. The molecule has 0 aromatic heterocycles. The Kier molecular flexibility index (Phi) is 4.83. The lowest BCUT2D eigenvalue weighted by Gasteiger charge is -2.36. The summed E-state index contributed by atoms with van der Waals surface area (Å²) in [6.07, 6.45) is 4.49. The first kappa shape index (κ1) is 17.2. The van der Waals surface area contributed by atoms with E-state index in [4.69, 9.17) is 4.74 Å². The van der Waals surface area contributed by atoms with Crippen LogP contribution in [0.15, 0.2) is 18.2 Å². The summed E-state index contributed by atoms with van der Waals surface area (Å²) in [6.45, 7) is 1.43. The Morgan fingerprint density at radius 2 is 2.04 bits per heavy atom. The minimum absolute atomic E-state index is 0.00815. The van der Waals surface area contributed by atoms with Crippen molar-refractivity contribution in [3.63, 3.8) is 0 Å². The number of rotatable bonds is 3. The molecule has 0 saturated carbocycles. The van der Waals surface area contributed by atoms with Crippen LogP contribution in [0.3, 0.4) is 0 Å². The van der Waals surface area contributed by atoms with E-state index in [1.807, 2.05) is 18.2 Å². The SMILES string of the molecule is COc1cccc2c1N(C(=O)C1CCCN(S(C)(=O)=O)C1)CCC2. The van der Waals surface area contributed by atoms with E-state index in [1.54, 1.807) is 12.0 Å². The highest BCUT2D eigenvalue weighted by Crippen LogP contribution is 2.37. The van der Waals surface area contributed by atoms with Gasteiger partial charge >= 0.3 is 0 Å². The average Bonchev–Trinajstić information content (AvgIpc) is 2.59. The normalized spacial score (nSPS) is 22.1. The van der Waals surface area contributed by atoms with Crippen molar-refractivity contribution in [2.75, 3.05) is 37.9 Å². The molecule has 0 N–H and O–H groups in total. The van der Waals surface area contributed by atoms with Crippen molar-refractivity contribution >= 4 is 21.6 Å². The summed E-state index contributed by atoms with van der Waals surface area (Å²) in [5.41, 5.74) is 1.97. The predicted molar refractivity (Wildman–Crippen MR) is 92.8 cm³/mol. The van der Waals surface area contributed by atoms with Crippen LogP contribution in [-0.4, -0.2) is 51.6 Å². The minimum atomic E-state index is -3.26. The van der Waals surface area contributed by atoms with Crippen LogP contribution in [-0.2, 0) is 21.2 Å². The van der Waals surface area contributed by atoms with Gasteiger partial charge in [-0.15, -0.1) is 0 Å². The number of carbonyl (C=O) groups excluding carboxylic acids is 1. The van der Waals surface area contributed by atoms with E-state index < -0.39 is 10.0 Å². The van der Waals surface area contributed by atoms with Gasteiger partial charge < -0.3 is 9.64 Å². The van der Waals surface area contributed by atoms with Crippen molar-refractivity contribution in [3.8, 4) is 5.75 Å². The highest BCUT2D eigenvalue weighted by molar-refractivity contribution is 7.88. The van der Waals surface area contributed by atoms with Crippen LogP contribution in [0.5, 0.6) is 5.75 Å². The summed E-state index contributed by atoms with van der Waals surface area (Å²) in [7, 11) is -1.65. The van der Waals surface area contributed by atoms with Crippen LogP contribution in [0.2, 0.25) is 0 Å². The number of hydrogen-bond acceptors (Lipinski definition) is 4. The molecular weight excluding hydrogens is 328 g/mol. The number of benzene rings is 1. The lowest BCUT2D eigenvalue weighted by atomic mass is 9.94. The van der Waals surface area contributed by atoms with Gasteiger partial charge in [-0.3, -0.25) is 4.79 Å². The summed E-state index contributed by atoms with van der Waals surface area (Å²) in [4.78, 5) is 14.9. The van der Waals surface area contributed by atoms with Gasteiger partial charge in [0.05, 0.1) is 25.0 Å². The second-order valence-electron chi connectivity index (χ2n) is 6.52. The molecule has 1 fully saturated rings. The number of anilines is 1. The Morgan fingerprint density at radius 3 is 2.75 bits per heavy atom. The van der Waals surface area contributed by atoms with Gasteiger partial charge in [-0.2, -0.15) is 0 Å². The molecule has 6 nitrogen and oxygen atoms in total. The van der Waals surface area contributed by atoms with Crippen LogP contribution in [0.4, 0.5) is 5.69 Å². The Bertz CT molecular complexity index is 718. The first-order valence-corrected chi connectivity index (χ1v) is 10.2. The zero-order valence-electron chi connectivity index (χ0n) is 14.2. The van der Waals surface area contributed by atoms with Gasteiger partial charge in [-0.05, 0) is 37.3 Å². The van der Waals surface area contributed by atoms with Crippen molar-refractivity contribution in [3.05, 3.63) is 23.8 Å². The lowest BCUT2D eigenvalue weighted by Crippen LogP contribution is -2.47. The molecule has 24 heavy (non-hydrogen) atoms. The molecule has 1 amide bonds. The summed E-state index contributed by atoms with van der Waals surface area (Å²) < 4.78 is 30.5. The van der Waals surface area contributed by atoms with Gasteiger partial charge in [-0.1, -0.05) is 12.1 Å². The second-order valence-corrected chi connectivity index (χ2v) is 8.50. The van der Waals surface area contributed by atoms with Crippen molar-refractivity contribution in [1.82, 2.24) is 4.31 Å². The van der Waals surface area contributed by atoms with Gasteiger partial charge in [0.15, 0.2) is 0 Å². The molecular formula is C17H24N2O4S. The van der Waals surface area contributed by atoms with Gasteiger partial charge in [0, 0.05) is 19.6 Å². The lowest BCUT2D eigenvalue weighted by molar-refractivity contribution is -0.123. The maximum atomic E-state index is 13.1. The summed E-state index contributed by atoms with van der Waals surface area (Å²) in [6, 6.07) is 5.84. The van der Waals surface area contributed by atoms with Crippen molar-refractivity contribution in [2.45, 2.75) is 25.7 Å². The standard InChI is InChI=1S/C17H24N2O4S/c1-23-15-9-3-6-13-7-5-11-19(16(13)15)17(20)14-8-4-10-18(12-14)24(2,21)22/h3,6,9,14H,4-5,7-8,10-12H2,1-2H3. The van der Waals surface area contributed by atoms with Crippen molar-refractivity contribution in [2.24, 2.45) is 5.92 Å². The summed E-state index contributed by atoms with van der Waals surface area (Å²) in [5, 5.41) is 0. The largest absolute Gasteiger partial charge is 0.495 e. The van der Waals surface area contributed by atoms with Gasteiger partial charge in [-0.25, -0.2) is 12.7 Å². The minimum Gasteiger partial charge on any atom is -0.495 e. The predicted octanol–water partition coefficient (Wildman–Crippen LogP) is 1.65. The second kappa shape index (κ2) is 6.72. The molecule has 0 bridgehead atoms. The van der Waals surface area contributed by atoms with Gasteiger partial charge in [0.25, 0.3) is 0 Å². The molecule has 2 heterocycles. The molecule has 0 aliphatic carbocycles. The number of ether oxygens (including phenoxy) is 1.